The lowest BCUT2D eigenvalue weighted by atomic mass is 9.93. The van der Waals surface area contributed by atoms with Crippen LogP contribution in [-0.2, 0) is 0 Å². The molecule has 1 fully saturated rings. The fourth-order valence-electron chi connectivity index (χ4n) is 3.70. The number of amides is 2. The van der Waals surface area contributed by atoms with E-state index < -0.39 is 18.6 Å². The van der Waals surface area contributed by atoms with Crippen LogP contribution < -0.4 is 15.5 Å². The molecule has 0 radical (unpaired) electrons. The Labute approximate surface area is 178 Å². The Morgan fingerprint density at radius 1 is 1.13 bits per heavy atom. The molecule has 31 heavy (non-hydrogen) atoms. The fourth-order valence-corrected chi connectivity index (χ4v) is 3.70. The largest absolute Gasteiger partial charge is 0.390 e. The first-order chi connectivity index (χ1) is 14.9. The Morgan fingerprint density at radius 3 is 2.45 bits per heavy atom. The van der Waals surface area contributed by atoms with Crippen LogP contribution in [0.15, 0.2) is 36.7 Å². The van der Waals surface area contributed by atoms with Gasteiger partial charge in [-0.1, -0.05) is 31.4 Å². The lowest BCUT2D eigenvalue weighted by molar-refractivity contribution is -0.132. The summed E-state index contributed by atoms with van der Waals surface area (Å²) in [6, 6.07) is 8.05. The van der Waals surface area contributed by atoms with Crippen LogP contribution in [0, 0.1) is 11.3 Å². The Kier molecular flexibility index (Phi) is 7.28. The maximum absolute atomic E-state index is 13.0. The molecule has 0 bridgehead atoms. The molecule has 0 spiro atoms. The summed E-state index contributed by atoms with van der Waals surface area (Å²) >= 11 is 0. The zero-order valence-corrected chi connectivity index (χ0v) is 16.8. The van der Waals surface area contributed by atoms with Gasteiger partial charge in [0.25, 0.3) is 0 Å². The van der Waals surface area contributed by atoms with Gasteiger partial charge in [0.1, 0.15) is 6.07 Å². The molecule has 0 unspecified atom stereocenters. The minimum atomic E-state index is -4.26. The summed E-state index contributed by atoms with van der Waals surface area (Å²) in [6.45, 7) is -0.169. The second-order valence-corrected chi connectivity index (χ2v) is 7.35. The van der Waals surface area contributed by atoms with E-state index in [1.807, 2.05) is 0 Å². The average molecular weight is 432 g/mol. The zero-order valence-electron chi connectivity index (χ0n) is 16.8. The van der Waals surface area contributed by atoms with E-state index in [2.05, 4.69) is 20.6 Å². The van der Waals surface area contributed by atoms with Crippen molar-refractivity contribution in [1.29, 1.82) is 5.26 Å². The van der Waals surface area contributed by atoms with Crippen LogP contribution in [0.5, 0.6) is 0 Å². The minimum Gasteiger partial charge on any atom is -0.367 e. The number of benzene rings is 1. The van der Waals surface area contributed by atoms with Gasteiger partial charge in [-0.2, -0.15) is 18.4 Å². The number of aromatic nitrogens is 2. The van der Waals surface area contributed by atoms with Crippen molar-refractivity contribution in [2.45, 2.75) is 50.7 Å². The number of para-hydroxylation sites is 2. The van der Waals surface area contributed by atoms with Crippen LogP contribution in [0.4, 0.5) is 35.0 Å². The molecule has 0 atom stereocenters. The molecule has 1 aromatic heterocycles. The van der Waals surface area contributed by atoms with E-state index in [9.17, 15) is 18.0 Å². The minimum absolute atomic E-state index is 0.00552. The van der Waals surface area contributed by atoms with E-state index in [0.717, 1.165) is 32.1 Å². The number of anilines is 3. The molecule has 10 heteroatoms. The summed E-state index contributed by atoms with van der Waals surface area (Å²) in [7, 11) is 0. The summed E-state index contributed by atoms with van der Waals surface area (Å²) in [5.74, 6) is -0.0240. The molecule has 1 saturated carbocycles. The van der Waals surface area contributed by atoms with Crippen LogP contribution in [0.2, 0.25) is 0 Å². The normalized spacial score (nSPS) is 14.5. The number of nitriles is 1. The Hall–Kier alpha value is -3.35. The summed E-state index contributed by atoms with van der Waals surface area (Å²) in [4.78, 5) is 21.8. The molecule has 164 valence electrons. The van der Waals surface area contributed by atoms with Crippen molar-refractivity contribution in [3.05, 3.63) is 42.5 Å². The predicted molar refractivity (Wildman–Crippen MR) is 111 cm³/mol. The van der Waals surface area contributed by atoms with Gasteiger partial charge in [-0.25, -0.2) is 14.8 Å². The van der Waals surface area contributed by atoms with Crippen molar-refractivity contribution in [2.75, 3.05) is 22.1 Å². The predicted octanol–water partition coefficient (Wildman–Crippen LogP) is 5.08. The van der Waals surface area contributed by atoms with E-state index in [-0.39, 0.29) is 24.1 Å². The van der Waals surface area contributed by atoms with Gasteiger partial charge in [0.2, 0.25) is 5.82 Å². The summed E-state index contributed by atoms with van der Waals surface area (Å²) in [6.07, 6.45) is 2.09. The van der Waals surface area contributed by atoms with E-state index >= 15 is 0 Å². The Morgan fingerprint density at radius 2 is 1.81 bits per heavy atom. The first kappa shape index (κ1) is 22.3. The van der Waals surface area contributed by atoms with E-state index in [1.165, 1.54) is 12.4 Å². The van der Waals surface area contributed by atoms with Gasteiger partial charge in [-0.15, -0.1) is 0 Å². The molecule has 1 aliphatic carbocycles. The third-order valence-electron chi connectivity index (χ3n) is 5.12. The second kappa shape index (κ2) is 10.1. The van der Waals surface area contributed by atoms with Gasteiger partial charge < -0.3 is 15.5 Å². The number of halogens is 3. The third kappa shape index (κ3) is 6.57. The molecule has 2 N–H and O–H groups in total. The molecule has 0 saturated heterocycles. The van der Waals surface area contributed by atoms with E-state index in [1.54, 1.807) is 35.2 Å². The van der Waals surface area contributed by atoms with Crippen molar-refractivity contribution < 1.29 is 18.0 Å². The average Bonchev–Trinajstić information content (AvgIpc) is 2.75. The van der Waals surface area contributed by atoms with Crippen LogP contribution in [0.3, 0.4) is 0 Å². The first-order valence-corrected chi connectivity index (χ1v) is 10.1. The number of alkyl halides is 3. The highest BCUT2D eigenvalue weighted by Crippen LogP contribution is 2.34. The number of carbonyl (C=O) groups excluding carboxylic acids is 1. The second-order valence-electron chi connectivity index (χ2n) is 7.35. The molecule has 7 nitrogen and oxygen atoms in total. The van der Waals surface area contributed by atoms with Crippen molar-refractivity contribution in [1.82, 2.24) is 9.97 Å². The molecule has 2 amide bonds. The molecule has 0 aliphatic heterocycles. The number of carbonyl (C=O) groups is 1. The molecule has 3 rings (SSSR count). The number of hydrogen-bond donors (Lipinski definition) is 2. The monoisotopic (exact) mass is 432 g/mol. The van der Waals surface area contributed by atoms with Crippen LogP contribution >= 0.6 is 0 Å². The Balaban J connectivity index is 1.77. The van der Waals surface area contributed by atoms with Crippen LogP contribution in [0.25, 0.3) is 0 Å². The number of hydrogen-bond acceptors (Lipinski definition) is 5. The molecular formula is C21H23F3N6O. The summed E-state index contributed by atoms with van der Waals surface area (Å²) in [5.41, 5.74) is 1.27. The lowest BCUT2D eigenvalue weighted by Gasteiger charge is -2.37. The topological polar surface area (TPSA) is 93.9 Å². The Bertz CT molecular complexity index is 920. The van der Waals surface area contributed by atoms with Gasteiger partial charge >= 0.3 is 12.2 Å². The molecule has 2 aromatic rings. The highest BCUT2D eigenvalue weighted by molar-refractivity contribution is 6.01. The van der Waals surface area contributed by atoms with Gasteiger partial charge in [-0.3, -0.25) is 0 Å². The summed E-state index contributed by atoms with van der Waals surface area (Å²) < 4.78 is 38.9. The molecular weight excluding hydrogens is 409 g/mol. The third-order valence-corrected chi connectivity index (χ3v) is 5.12. The quantitative estimate of drug-likeness (QED) is 0.664. The maximum Gasteiger partial charge on any atom is 0.390 e. The number of nitrogens with one attached hydrogen (secondary N) is 2. The number of urea groups is 1. The van der Waals surface area contributed by atoms with E-state index in [4.69, 9.17) is 5.26 Å². The lowest BCUT2D eigenvalue weighted by Crippen LogP contribution is -2.39. The van der Waals surface area contributed by atoms with Gasteiger partial charge in [0, 0.05) is 12.6 Å². The van der Waals surface area contributed by atoms with Gasteiger partial charge in [-0.05, 0) is 25.0 Å². The highest BCUT2D eigenvalue weighted by Gasteiger charge is 2.31. The van der Waals surface area contributed by atoms with Crippen molar-refractivity contribution in [3.8, 4) is 6.07 Å². The van der Waals surface area contributed by atoms with E-state index in [0.29, 0.717) is 11.4 Å². The smallest absolute Gasteiger partial charge is 0.367 e. The zero-order chi connectivity index (χ0) is 22.3. The fraction of sp³-hybridized carbons (Fsp3) is 0.429. The van der Waals surface area contributed by atoms with Gasteiger partial charge in [0.15, 0.2) is 0 Å². The van der Waals surface area contributed by atoms with Crippen molar-refractivity contribution in [2.24, 2.45) is 0 Å². The van der Waals surface area contributed by atoms with Crippen LogP contribution in [0.1, 0.15) is 44.3 Å². The SMILES string of the molecule is N#Cc1ncc(NC(=O)Nc2ccccc2N(CCC(F)(F)F)C2CCCCC2)cn1. The molecule has 1 heterocycles. The first-order valence-electron chi connectivity index (χ1n) is 10.1. The molecule has 1 aliphatic rings. The highest BCUT2D eigenvalue weighted by atomic mass is 19.4. The maximum atomic E-state index is 13.0. The number of nitrogens with zero attached hydrogens (tertiary/aromatic N) is 4. The van der Waals surface area contributed by atoms with Crippen LogP contribution in [-0.4, -0.2) is 34.8 Å². The summed E-state index contributed by atoms with van der Waals surface area (Å²) in [5, 5.41) is 14.0. The van der Waals surface area contributed by atoms with Crippen molar-refractivity contribution in [3.63, 3.8) is 0 Å². The number of rotatable bonds is 6. The van der Waals surface area contributed by atoms with Gasteiger partial charge in [0.05, 0.1) is 35.9 Å². The standard InChI is InChI=1S/C21H23F3N6O/c22-21(23,24)10-11-30(16-6-2-1-3-7-16)18-9-5-4-8-17(18)29-20(31)28-15-13-26-19(12-25)27-14-15/h4-5,8-9,13-14,16H,1-3,6-7,10-11H2,(H2,28,29,31). The van der Waals surface area contributed by atoms with Crippen molar-refractivity contribution >= 4 is 23.1 Å². The molecule has 1 aromatic carbocycles.